The van der Waals surface area contributed by atoms with Crippen molar-refractivity contribution < 1.29 is 4.79 Å². The fourth-order valence-electron chi connectivity index (χ4n) is 6.56. The topological polar surface area (TPSA) is 23.6 Å². The maximum atomic E-state index is 12.6. The molecule has 4 fully saturated rings. The van der Waals surface area contributed by atoms with E-state index in [4.69, 9.17) is 0 Å². The van der Waals surface area contributed by atoms with Crippen LogP contribution in [0.4, 0.5) is 0 Å². The average Bonchev–Trinajstić information content (AvgIpc) is 3.34. The molecule has 3 saturated carbocycles. The van der Waals surface area contributed by atoms with Gasteiger partial charge in [0.1, 0.15) is 0 Å². The van der Waals surface area contributed by atoms with Crippen LogP contribution < -0.4 is 0 Å². The molecule has 4 atom stereocenters. The van der Waals surface area contributed by atoms with Gasteiger partial charge >= 0.3 is 0 Å². The minimum atomic E-state index is -0.0514. The van der Waals surface area contributed by atoms with Crippen molar-refractivity contribution in [2.24, 2.45) is 23.2 Å². The SMILES string of the molecule is C=C(c1ccc(C2CC(C)C3CCCC3C2)cc1)N1CCN(C(=O)C2(C)CC2)CC1. The molecule has 1 aliphatic heterocycles. The number of amides is 1. The molecule has 4 aliphatic rings. The standard InChI is InChI=1S/C27H38N2O/c1-19-17-24(18-23-5-4-6-25(19)23)22-9-7-21(8-10-22)20(2)28-13-15-29(16-14-28)26(30)27(3)11-12-27/h7-10,19,23-25H,2,4-6,11-18H2,1,3H3. The van der Waals surface area contributed by atoms with Crippen LogP contribution in [-0.2, 0) is 4.79 Å². The van der Waals surface area contributed by atoms with Crippen LogP contribution in [0.25, 0.3) is 5.70 Å². The molecule has 3 heteroatoms. The second-order valence-electron chi connectivity index (χ2n) is 10.9. The number of carbonyl (C=O) groups is 1. The molecule has 162 valence electrons. The van der Waals surface area contributed by atoms with Gasteiger partial charge in [-0.2, -0.15) is 0 Å². The zero-order chi connectivity index (χ0) is 20.9. The lowest BCUT2D eigenvalue weighted by Crippen LogP contribution is -2.49. The summed E-state index contributed by atoms with van der Waals surface area (Å²) >= 11 is 0. The highest BCUT2D eigenvalue weighted by molar-refractivity contribution is 5.85. The minimum Gasteiger partial charge on any atom is -0.368 e. The number of rotatable bonds is 4. The third-order valence-corrected chi connectivity index (χ3v) is 8.87. The number of benzene rings is 1. The van der Waals surface area contributed by atoms with Crippen molar-refractivity contribution in [3.8, 4) is 0 Å². The molecule has 0 spiro atoms. The Morgan fingerprint density at radius 2 is 1.67 bits per heavy atom. The van der Waals surface area contributed by atoms with Gasteiger partial charge in [0.2, 0.25) is 5.91 Å². The monoisotopic (exact) mass is 406 g/mol. The number of hydrogen-bond donors (Lipinski definition) is 0. The van der Waals surface area contributed by atoms with Crippen molar-refractivity contribution in [2.45, 2.75) is 64.7 Å². The summed E-state index contributed by atoms with van der Waals surface area (Å²) in [6.45, 7) is 12.4. The first kappa shape index (κ1) is 20.2. The van der Waals surface area contributed by atoms with Crippen molar-refractivity contribution in [2.75, 3.05) is 26.2 Å². The highest BCUT2D eigenvalue weighted by Gasteiger charge is 2.47. The third-order valence-electron chi connectivity index (χ3n) is 8.87. The molecule has 1 saturated heterocycles. The van der Waals surface area contributed by atoms with Crippen LogP contribution in [0.1, 0.15) is 75.8 Å². The number of fused-ring (bicyclic) bond motifs is 1. The average molecular weight is 407 g/mol. The number of carbonyl (C=O) groups excluding carboxylic acids is 1. The molecular formula is C27H38N2O. The zero-order valence-corrected chi connectivity index (χ0v) is 18.9. The van der Waals surface area contributed by atoms with Gasteiger partial charge < -0.3 is 9.80 Å². The van der Waals surface area contributed by atoms with Gasteiger partial charge in [-0.05, 0) is 66.9 Å². The molecule has 4 unspecified atom stereocenters. The highest BCUT2D eigenvalue weighted by Crippen LogP contribution is 2.50. The number of hydrogen-bond acceptors (Lipinski definition) is 2. The first-order valence-electron chi connectivity index (χ1n) is 12.3. The lowest BCUT2D eigenvalue weighted by atomic mass is 9.68. The summed E-state index contributed by atoms with van der Waals surface area (Å²) in [5.41, 5.74) is 3.82. The Morgan fingerprint density at radius 3 is 2.33 bits per heavy atom. The van der Waals surface area contributed by atoms with Crippen LogP contribution >= 0.6 is 0 Å². The molecule has 0 N–H and O–H groups in total. The first-order chi connectivity index (χ1) is 14.4. The first-order valence-corrected chi connectivity index (χ1v) is 12.3. The number of piperazine rings is 1. The smallest absolute Gasteiger partial charge is 0.228 e. The fraction of sp³-hybridized carbons (Fsp3) is 0.667. The predicted molar refractivity (Wildman–Crippen MR) is 123 cm³/mol. The van der Waals surface area contributed by atoms with E-state index in [-0.39, 0.29) is 5.41 Å². The van der Waals surface area contributed by atoms with Crippen molar-refractivity contribution in [1.82, 2.24) is 9.80 Å². The fourth-order valence-corrected chi connectivity index (χ4v) is 6.56. The van der Waals surface area contributed by atoms with E-state index in [1.165, 1.54) is 43.2 Å². The van der Waals surface area contributed by atoms with Crippen LogP contribution in [0.15, 0.2) is 30.8 Å². The Hall–Kier alpha value is -1.77. The van der Waals surface area contributed by atoms with E-state index in [1.54, 1.807) is 0 Å². The van der Waals surface area contributed by atoms with Gasteiger partial charge in [0.25, 0.3) is 0 Å². The van der Waals surface area contributed by atoms with Gasteiger partial charge in [-0.3, -0.25) is 4.79 Å². The van der Waals surface area contributed by atoms with E-state index in [1.807, 2.05) is 0 Å². The Kier molecular flexibility index (Phi) is 5.19. The Balaban J connectivity index is 1.19. The molecule has 30 heavy (non-hydrogen) atoms. The molecular weight excluding hydrogens is 368 g/mol. The van der Waals surface area contributed by atoms with Crippen LogP contribution in [-0.4, -0.2) is 41.9 Å². The maximum Gasteiger partial charge on any atom is 0.228 e. The van der Waals surface area contributed by atoms with E-state index >= 15 is 0 Å². The van der Waals surface area contributed by atoms with Gasteiger partial charge in [-0.1, -0.05) is 57.5 Å². The maximum absolute atomic E-state index is 12.6. The van der Waals surface area contributed by atoms with Crippen LogP contribution in [0.3, 0.4) is 0 Å². The van der Waals surface area contributed by atoms with Gasteiger partial charge in [0, 0.05) is 37.3 Å². The Labute approximate surface area is 182 Å². The van der Waals surface area contributed by atoms with Crippen LogP contribution in [0, 0.1) is 23.2 Å². The number of nitrogens with zero attached hydrogens (tertiary/aromatic N) is 2. The molecule has 1 amide bonds. The molecule has 0 radical (unpaired) electrons. The molecule has 0 bridgehead atoms. The largest absolute Gasteiger partial charge is 0.368 e. The van der Waals surface area contributed by atoms with Gasteiger partial charge in [0.15, 0.2) is 0 Å². The second-order valence-corrected chi connectivity index (χ2v) is 10.9. The quantitative estimate of drug-likeness (QED) is 0.656. The summed E-state index contributed by atoms with van der Waals surface area (Å²) in [5, 5.41) is 0. The van der Waals surface area contributed by atoms with Crippen molar-refractivity contribution in [3.05, 3.63) is 42.0 Å². The lowest BCUT2D eigenvalue weighted by molar-refractivity contribution is -0.137. The third kappa shape index (κ3) is 3.69. The summed E-state index contributed by atoms with van der Waals surface area (Å²) in [5.74, 6) is 3.93. The molecule has 0 aromatic heterocycles. The molecule has 5 rings (SSSR count). The van der Waals surface area contributed by atoms with E-state index in [9.17, 15) is 4.79 Å². The molecule has 1 aromatic rings. The normalized spacial score (nSPS) is 32.6. The van der Waals surface area contributed by atoms with E-state index in [2.05, 4.69) is 54.5 Å². The van der Waals surface area contributed by atoms with Crippen molar-refractivity contribution in [3.63, 3.8) is 0 Å². The summed E-state index contributed by atoms with van der Waals surface area (Å²) in [6, 6.07) is 9.29. The van der Waals surface area contributed by atoms with E-state index < -0.39 is 0 Å². The van der Waals surface area contributed by atoms with Crippen molar-refractivity contribution >= 4 is 11.6 Å². The van der Waals surface area contributed by atoms with Crippen LogP contribution in [0.2, 0.25) is 0 Å². The van der Waals surface area contributed by atoms with Crippen molar-refractivity contribution in [1.29, 1.82) is 0 Å². The second kappa shape index (κ2) is 7.73. The van der Waals surface area contributed by atoms with E-state index in [0.717, 1.165) is 68.4 Å². The zero-order valence-electron chi connectivity index (χ0n) is 18.9. The summed E-state index contributed by atoms with van der Waals surface area (Å²) in [6.07, 6.45) is 9.24. The summed E-state index contributed by atoms with van der Waals surface area (Å²) in [4.78, 5) is 17.0. The molecule has 1 heterocycles. The molecule has 3 nitrogen and oxygen atoms in total. The minimum absolute atomic E-state index is 0.0514. The molecule has 3 aliphatic carbocycles. The summed E-state index contributed by atoms with van der Waals surface area (Å²) in [7, 11) is 0. The molecule has 1 aromatic carbocycles. The van der Waals surface area contributed by atoms with Gasteiger partial charge in [-0.25, -0.2) is 0 Å². The summed E-state index contributed by atoms with van der Waals surface area (Å²) < 4.78 is 0. The Bertz CT molecular complexity index is 801. The Morgan fingerprint density at radius 1 is 1.00 bits per heavy atom. The highest BCUT2D eigenvalue weighted by atomic mass is 16.2. The van der Waals surface area contributed by atoms with Gasteiger partial charge in [-0.15, -0.1) is 0 Å². The predicted octanol–water partition coefficient (Wildman–Crippen LogP) is 5.53. The van der Waals surface area contributed by atoms with Crippen LogP contribution in [0.5, 0.6) is 0 Å². The van der Waals surface area contributed by atoms with Gasteiger partial charge in [0.05, 0.1) is 0 Å². The van der Waals surface area contributed by atoms with E-state index in [0.29, 0.717) is 5.91 Å². The lowest BCUT2D eigenvalue weighted by Gasteiger charge is -2.38.